The molecule has 0 radical (unpaired) electrons. The molecule has 4 heteroatoms. The minimum atomic E-state index is 0.0477. The lowest BCUT2D eigenvalue weighted by atomic mass is 10.1. The van der Waals surface area contributed by atoms with Gasteiger partial charge in [-0.05, 0) is 26.8 Å². The Kier molecular flexibility index (Phi) is 4.00. The van der Waals surface area contributed by atoms with Crippen molar-refractivity contribution >= 4 is 0 Å². The maximum atomic E-state index is 5.68. The predicted octanol–water partition coefficient (Wildman–Crippen LogP) is 2.87. The molecule has 0 aliphatic carbocycles. The molecule has 0 unspecified atom stereocenters. The molecule has 0 aromatic heterocycles. The third kappa shape index (κ3) is 3.64. The number of benzene rings is 1. The van der Waals surface area contributed by atoms with E-state index in [1.54, 1.807) is 6.08 Å². The van der Waals surface area contributed by atoms with Crippen molar-refractivity contribution in [2.45, 2.75) is 32.9 Å². The number of ether oxygens (including phenoxy) is 3. The van der Waals surface area contributed by atoms with Gasteiger partial charge in [0.2, 0.25) is 6.79 Å². The zero-order valence-electron chi connectivity index (χ0n) is 11.8. The topological polar surface area (TPSA) is 39.7 Å². The summed E-state index contributed by atoms with van der Waals surface area (Å²) in [6.45, 7) is 11.5. The van der Waals surface area contributed by atoms with E-state index in [0.717, 1.165) is 22.8 Å². The van der Waals surface area contributed by atoms with E-state index >= 15 is 0 Å². The molecule has 0 fully saturated rings. The van der Waals surface area contributed by atoms with Gasteiger partial charge < -0.3 is 19.5 Å². The van der Waals surface area contributed by atoms with E-state index in [0.29, 0.717) is 13.2 Å². The first-order valence-corrected chi connectivity index (χ1v) is 6.41. The summed E-state index contributed by atoms with van der Waals surface area (Å²) in [6.07, 6.45) is 1.73. The fraction of sp³-hybridized carbons (Fsp3) is 0.467. The monoisotopic (exact) mass is 263 g/mol. The molecule has 19 heavy (non-hydrogen) atoms. The van der Waals surface area contributed by atoms with Crippen LogP contribution in [0.3, 0.4) is 0 Å². The molecule has 0 saturated heterocycles. The Balaban J connectivity index is 2.20. The van der Waals surface area contributed by atoms with E-state index in [1.807, 2.05) is 12.1 Å². The van der Waals surface area contributed by atoms with Gasteiger partial charge in [-0.3, -0.25) is 0 Å². The molecule has 1 aliphatic rings. The molecule has 104 valence electrons. The highest BCUT2D eigenvalue weighted by molar-refractivity contribution is 5.51. The van der Waals surface area contributed by atoms with Gasteiger partial charge in [0.05, 0.1) is 0 Å². The Labute approximate surface area is 114 Å². The van der Waals surface area contributed by atoms with Crippen molar-refractivity contribution in [1.29, 1.82) is 0 Å². The summed E-state index contributed by atoms with van der Waals surface area (Å²) < 4.78 is 16.5. The fourth-order valence-electron chi connectivity index (χ4n) is 1.75. The van der Waals surface area contributed by atoms with Crippen molar-refractivity contribution < 1.29 is 14.2 Å². The van der Waals surface area contributed by atoms with Gasteiger partial charge in [-0.25, -0.2) is 0 Å². The summed E-state index contributed by atoms with van der Waals surface area (Å²) in [6, 6.07) is 3.85. The highest BCUT2D eigenvalue weighted by Gasteiger charge is 2.19. The zero-order valence-corrected chi connectivity index (χ0v) is 11.8. The molecule has 0 spiro atoms. The van der Waals surface area contributed by atoms with Gasteiger partial charge in [-0.1, -0.05) is 12.7 Å². The highest BCUT2D eigenvalue weighted by atomic mass is 16.7. The Hall–Kier alpha value is -1.68. The molecule has 1 aliphatic heterocycles. The van der Waals surface area contributed by atoms with Crippen LogP contribution in [0.4, 0.5) is 0 Å². The minimum Gasteiger partial charge on any atom is -0.489 e. The summed E-state index contributed by atoms with van der Waals surface area (Å²) in [5, 5.41) is 3.44. The van der Waals surface area contributed by atoms with Gasteiger partial charge in [0.1, 0.15) is 12.4 Å². The molecule has 0 atom stereocenters. The Morgan fingerprint density at radius 3 is 2.63 bits per heavy atom. The van der Waals surface area contributed by atoms with E-state index in [1.165, 1.54) is 0 Å². The molecule has 2 rings (SSSR count). The average molecular weight is 263 g/mol. The molecule has 0 amide bonds. The van der Waals surface area contributed by atoms with Crippen LogP contribution < -0.4 is 19.5 Å². The van der Waals surface area contributed by atoms with Gasteiger partial charge in [-0.15, -0.1) is 0 Å². The summed E-state index contributed by atoms with van der Waals surface area (Å²) in [5.74, 6) is 2.32. The van der Waals surface area contributed by atoms with E-state index in [9.17, 15) is 0 Å². The molecule has 0 bridgehead atoms. The second-order valence-corrected chi connectivity index (χ2v) is 5.52. The number of hydrogen-bond donors (Lipinski definition) is 1. The van der Waals surface area contributed by atoms with Crippen molar-refractivity contribution in [3.63, 3.8) is 0 Å². The van der Waals surface area contributed by atoms with Crippen LogP contribution in [0.15, 0.2) is 24.8 Å². The van der Waals surface area contributed by atoms with E-state index < -0.39 is 0 Å². The molecular weight excluding hydrogens is 242 g/mol. The second-order valence-electron chi connectivity index (χ2n) is 5.52. The molecule has 1 aromatic rings. The first-order valence-electron chi connectivity index (χ1n) is 6.41. The number of fused-ring (bicyclic) bond motifs is 1. The average Bonchev–Trinajstić information content (AvgIpc) is 2.79. The SMILES string of the molecule is C=CCOc1cc2c(cc1CNC(C)(C)C)OCO2. The maximum Gasteiger partial charge on any atom is 0.231 e. The van der Waals surface area contributed by atoms with Gasteiger partial charge in [0.15, 0.2) is 11.5 Å². The van der Waals surface area contributed by atoms with Crippen LogP contribution in [0.2, 0.25) is 0 Å². The summed E-state index contributed by atoms with van der Waals surface area (Å²) in [4.78, 5) is 0. The fourth-order valence-corrected chi connectivity index (χ4v) is 1.75. The first kappa shape index (κ1) is 13.7. The lowest BCUT2D eigenvalue weighted by molar-refractivity contribution is 0.174. The molecule has 1 aromatic carbocycles. The van der Waals surface area contributed by atoms with Crippen LogP contribution >= 0.6 is 0 Å². The van der Waals surface area contributed by atoms with Crippen molar-refractivity contribution in [3.8, 4) is 17.2 Å². The Morgan fingerprint density at radius 1 is 1.32 bits per heavy atom. The van der Waals surface area contributed by atoms with Crippen molar-refractivity contribution in [2.24, 2.45) is 0 Å². The summed E-state index contributed by atoms with van der Waals surface area (Å²) >= 11 is 0. The Bertz CT molecular complexity index is 463. The van der Waals surface area contributed by atoms with Crippen LogP contribution in [0.25, 0.3) is 0 Å². The van der Waals surface area contributed by atoms with Crippen molar-refractivity contribution in [1.82, 2.24) is 5.32 Å². The number of hydrogen-bond acceptors (Lipinski definition) is 4. The van der Waals surface area contributed by atoms with Gasteiger partial charge in [-0.2, -0.15) is 0 Å². The molecule has 0 saturated carbocycles. The number of rotatable bonds is 5. The normalized spacial score (nSPS) is 13.4. The van der Waals surface area contributed by atoms with Crippen LogP contribution in [0.1, 0.15) is 26.3 Å². The van der Waals surface area contributed by atoms with E-state index in [4.69, 9.17) is 14.2 Å². The van der Waals surface area contributed by atoms with Crippen LogP contribution in [-0.4, -0.2) is 18.9 Å². The highest BCUT2D eigenvalue weighted by Crippen LogP contribution is 2.38. The molecule has 1 N–H and O–H groups in total. The first-order chi connectivity index (χ1) is 8.99. The van der Waals surface area contributed by atoms with E-state index in [2.05, 4.69) is 32.7 Å². The van der Waals surface area contributed by atoms with Gasteiger partial charge >= 0.3 is 0 Å². The third-order valence-corrected chi connectivity index (χ3v) is 2.72. The number of nitrogens with one attached hydrogen (secondary N) is 1. The maximum absolute atomic E-state index is 5.68. The lowest BCUT2D eigenvalue weighted by Crippen LogP contribution is -2.35. The largest absolute Gasteiger partial charge is 0.489 e. The predicted molar refractivity (Wildman–Crippen MR) is 74.8 cm³/mol. The van der Waals surface area contributed by atoms with Crippen molar-refractivity contribution in [3.05, 3.63) is 30.4 Å². The van der Waals surface area contributed by atoms with Crippen LogP contribution in [0.5, 0.6) is 17.2 Å². The standard InChI is InChI=1S/C15H21NO3/c1-5-6-17-12-8-14-13(18-10-19-14)7-11(12)9-16-15(2,3)4/h5,7-8,16H,1,6,9-10H2,2-4H3. The summed E-state index contributed by atoms with van der Waals surface area (Å²) in [5.41, 5.74) is 1.10. The lowest BCUT2D eigenvalue weighted by Gasteiger charge is -2.21. The smallest absolute Gasteiger partial charge is 0.231 e. The zero-order chi connectivity index (χ0) is 13.9. The van der Waals surface area contributed by atoms with Crippen LogP contribution in [-0.2, 0) is 6.54 Å². The second kappa shape index (κ2) is 5.53. The Morgan fingerprint density at radius 2 is 2.00 bits per heavy atom. The van der Waals surface area contributed by atoms with E-state index in [-0.39, 0.29) is 12.3 Å². The quantitative estimate of drug-likeness (QED) is 0.829. The third-order valence-electron chi connectivity index (χ3n) is 2.72. The molecule has 1 heterocycles. The van der Waals surface area contributed by atoms with Crippen molar-refractivity contribution in [2.75, 3.05) is 13.4 Å². The van der Waals surface area contributed by atoms with Gasteiger partial charge in [0.25, 0.3) is 0 Å². The minimum absolute atomic E-state index is 0.0477. The van der Waals surface area contributed by atoms with Crippen LogP contribution in [0, 0.1) is 0 Å². The van der Waals surface area contributed by atoms with Gasteiger partial charge in [0, 0.05) is 23.7 Å². The summed E-state index contributed by atoms with van der Waals surface area (Å²) in [7, 11) is 0. The molecular formula is C15H21NO3. The molecule has 4 nitrogen and oxygen atoms in total.